The number of benzene rings is 2. The Morgan fingerprint density at radius 1 is 0.944 bits per heavy atom. The van der Waals surface area contributed by atoms with E-state index in [0.717, 1.165) is 0 Å². The average molecular weight is 244 g/mol. The number of aliphatic hydroxyl groups is 1. The third-order valence-corrected chi connectivity index (χ3v) is 2.20. The van der Waals surface area contributed by atoms with Gasteiger partial charge in [-0.3, -0.25) is 0 Å². The Morgan fingerprint density at radius 2 is 1.50 bits per heavy atom. The largest absolute Gasteiger partial charge is 0.432 e. The zero-order chi connectivity index (χ0) is 12.8. The van der Waals surface area contributed by atoms with Crippen molar-refractivity contribution in [2.24, 2.45) is 0 Å². The molecule has 0 radical (unpaired) electrons. The first-order valence-electron chi connectivity index (χ1n) is 5.41. The molecule has 0 spiro atoms. The predicted molar refractivity (Wildman–Crippen MR) is 64.9 cm³/mol. The molecule has 0 saturated carbocycles. The van der Waals surface area contributed by atoms with Crippen LogP contribution >= 0.6 is 0 Å². The SMILES string of the molecule is O=C(OC(O)Oc1ccccc1)c1ccccc1. The number of carbonyl (C=O) groups excluding carboxylic acids is 1. The average Bonchev–Trinajstić information content (AvgIpc) is 2.40. The van der Waals surface area contributed by atoms with Gasteiger partial charge in [0.05, 0.1) is 5.56 Å². The van der Waals surface area contributed by atoms with E-state index >= 15 is 0 Å². The number of ether oxygens (including phenoxy) is 2. The molecule has 0 aliphatic rings. The quantitative estimate of drug-likeness (QED) is 0.661. The van der Waals surface area contributed by atoms with Crippen molar-refractivity contribution in [3.63, 3.8) is 0 Å². The smallest absolute Gasteiger partial charge is 0.360 e. The molecule has 0 aliphatic carbocycles. The van der Waals surface area contributed by atoms with E-state index in [1.807, 2.05) is 6.07 Å². The number of para-hydroxylation sites is 1. The third-order valence-electron chi connectivity index (χ3n) is 2.20. The molecule has 0 aromatic heterocycles. The summed E-state index contributed by atoms with van der Waals surface area (Å²) in [6, 6.07) is 17.0. The van der Waals surface area contributed by atoms with Crippen LogP contribution in [0, 0.1) is 0 Å². The van der Waals surface area contributed by atoms with Crippen LogP contribution in [-0.4, -0.2) is 17.6 Å². The van der Waals surface area contributed by atoms with Gasteiger partial charge in [0.15, 0.2) is 0 Å². The lowest BCUT2D eigenvalue weighted by Gasteiger charge is -2.13. The summed E-state index contributed by atoms with van der Waals surface area (Å²) < 4.78 is 9.75. The Morgan fingerprint density at radius 3 is 2.11 bits per heavy atom. The molecule has 4 nitrogen and oxygen atoms in total. The maximum absolute atomic E-state index is 11.6. The van der Waals surface area contributed by atoms with Crippen molar-refractivity contribution in [3.8, 4) is 5.75 Å². The standard InChI is InChI=1S/C14H12O4/c15-13(11-7-3-1-4-8-11)18-14(16)17-12-9-5-2-6-10-12/h1-10,14,16H. The lowest BCUT2D eigenvalue weighted by Crippen LogP contribution is -2.23. The second-order valence-electron chi connectivity index (χ2n) is 3.51. The molecule has 0 saturated heterocycles. The summed E-state index contributed by atoms with van der Waals surface area (Å²) in [5, 5.41) is 9.47. The highest BCUT2D eigenvalue weighted by molar-refractivity contribution is 5.89. The van der Waals surface area contributed by atoms with Gasteiger partial charge in [-0.2, -0.15) is 0 Å². The van der Waals surface area contributed by atoms with Crippen LogP contribution in [0.25, 0.3) is 0 Å². The van der Waals surface area contributed by atoms with Crippen LogP contribution in [0.3, 0.4) is 0 Å². The number of hydrogen-bond acceptors (Lipinski definition) is 4. The molecule has 0 fully saturated rings. The van der Waals surface area contributed by atoms with Crippen LogP contribution in [0.2, 0.25) is 0 Å². The van der Waals surface area contributed by atoms with Gasteiger partial charge in [0, 0.05) is 0 Å². The van der Waals surface area contributed by atoms with E-state index in [9.17, 15) is 9.90 Å². The van der Waals surface area contributed by atoms with Gasteiger partial charge in [-0.05, 0) is 24.3 Å². The van der Waals surface area contributed by atoms with Crippen LogP contribution in [0.15, 0.2) is 60.7 Å². The summed E-state index contributed by atoms with van der Waals surface area (Å²) in [7, 11) is 0. The predicted octanol–water partition coefficient (Wildman–Crippen LogP) is 2.20. The van der Waals surface area contributed by atoms with Gasteiger partial charge in [0.25, 0.3) is 0 Å². The number of hydrogen-bond donors (Lipinski definition) is 1. The fraction of sp³-hybridized carbons (Fsp3) is 0.0714. The Kier molecular flexibility index (Phi) is 3.94. The van der Waals surface area contributed by atoms with E-state index in [4.69, 9.17) is 9.47 Å². The Bertz CT molecular complexity index is 496. The minimum Gasteiger partial charge on any atom is -0.432 e. The first-order valence-corrected chi connectivity index (χ1v) is 5.41. The van der Waals surface area contributed by atoms with Gasteiger partial charge >= 0.3 is 12.4 Å². The molecule has 2 aromatic rings. The molecular formula is C14H12O4. The zero-order valence-corrected chi connectivity index (χ0v) is 9.52. The van der Waals surface area contributed by atoms with Gasteiger partial charge in [0.2, 0.25) is 0 Å². The first kappa shape index (κ1) is 12.1. The van der Waals surface area contributed by atoms with Gasteiger partial charge < -0.3 is 14.6 Å². The fourth-order valence-electron chi connectivity index (χ4n) is 1.37. The lowest BCUT2D eigenvalue weighted by atomic mass is 10.2. The topological polar surface area (TPSA) is 55.8 Å². The second kappa shape index (κ2) is 5.84. The summed E-state index contributed by atoms with van der Waals surface area (Å²) in [6.07, 6.45) is 0. The van der Waals surface area contributed by atoms with Crippen LogP contribution in [0.1, 0.15) is 10.4 Å². The molecule has 1 N–H and O–H groups in total. The van der Waals surface area contributed by atoms with E-state index < -0.39 is 12.4 Å². The third kappa shape index (κ3) is 3.33. The molecule has 2 rings (SSSR count). The molecule has 92 valence electrons. The number of aliphatic hydroxyl groups excluding tert-OH is 1. The summed E-state index contributed by atoms with van der Waals surface area (Å²) >= 11 is 0. The van der Waals surface area contributed by atoms with Gasteiger partial charge in [-0.1, -0.05) is 36.4 Å². The molecule has 1 unspecified atom stereocenters. The lowest BCUT2D eigenvalue weighted by molar-refractivity contribution is -0.182. The van der Waals surface area contributed by atoms with Crippen LogP contribution in [0.4, 0.5) is 0 Å². The Labute approximate surface area is 104 Å². The maximum atomic E-state index is 11.6. The van der Waals surface area contributed by atoms with E-state index in [-0.39, 0.29) is 0 Å². The van der Waals surface area contributed by atoms with Crippen LogP contribution in [-0.2, 0) is 4.74 Å². The summed E-state index contributed by atoms with van der Waals surface area (Å²) in [4.78, 5) is 11.6. The number of rotatable bonds is 4. The Hall–Kier alpha value is -2.33. The van der Waals surface area contributed by atoms with Crippen LogP contribution < -0.4 is 4.74 Å². The van der Waals surface area contributed by atoms with Gasteiger partial charge in [-0.25, -0.2) is 4.79 Å². The summed E-state index contributed by atoms with van der Waals surface area (Å²) in [6.45, 7) is -1.62. The highest BCUT2D eigenvalue weighted by Crippen LogP contribution is 2.11. The van der Waals surface area contributed by atoms with Crippen molar-refractivity contribution in [1.82, 2.24) is 0 Å². The minimum atomic E-state index is -1.62. The van der Waals surface area contributed by atoms with Crippen molar-refractivity contribution >= 4 is 5.97 Å². The van der Waals surface area contributed by atoms with E-state index in [1.165, 1.54) is 0 Å². The van der Waals surface area contributed by atoms with E-state index in [0.29, 0.717) is 11.3 Å². The highest BCUT2D eigenvalue weighted by atomic mass is 16.8. The molecule has 2 aromatic carbocycles. The number of carbonyl (C=O) groups is 1. The van der Waals surface area contributed by atoms with Crippen molar-refractivity contribution < 1.29 is 19.4 Å². The molecule has 0 aliphatic heterocycles. The van der Waals surface area contributed by atoms with Crippen molar-refractivity contribution in [3.05, 3.63) is 66.2 Å². The summed E-state index contributed by atoms with van der Waals surface area (Å²) in [5.74, 6) is -0.218. The molecule has 4 heteroatoms. The summed E-state index contributed by atoms with van der Waals surface area (Å²) in [5.41, 5.74) is 0.355. The van der Waals surface area contributed by atoms with Crippen molar-refractivity contribution in [1.29, 1.82) is 0 Å². The van der Waals surface area contributed by atoms with Crippen LogP contribution in [0.5, 0.6) is 5.75 Å². The van der Waals surface area contributed by atoms with Gasteiger partial charge in [-0.15, -0.1) is 0 Å². The van der Waals surface area contributed by atoms with Crippen molar-refractivity contribution in [2.45, 2.75) is 6.48 Å². The first-order chi connectivity index (χ1) is 8.75. The van der Waals surface area contributed by atoms with Crippen molar-refractivity contribution in [2.75, 3.05) is 0 Å². The zero-order valence-electron chi connectivity index (χ0n) is 9.52. The molecule has 0 bridgehead atoms. The minimum absolute atomic E-state index is 0.355. The number of esters is 1. The highest BCUT2D eigenvalue weighted by Gasteiger charge is 2.13. The fourth-order valence-corrected chi connectivity index (χ4v) is 1.37. The maximum Gasteiger partial charge on any atom is 0.360 e. The monoisotopic (exact) mass is 244 g/mol. The second-order valence-corrected chi connectivity index (χ2v) is 3.51. The molecule has 0 amide bonds. The van der Waals surface area contributed by atoms with E-state index in [1.54, 1.807) is 54.6 Å². The molecular weight excluding hydrogens is 232 g/mol. The normalized spacial score (nSPS) is 11.6. The molecule has 1 atom stereocenters. The van der Waals surface area contributed by atoms with Gasteiger partial charge in [0.1, 0.15) is 5.75 Å². The molecule has 0 heterocycles. The molecule has 18 heavy (non-hydrogen) atoms. The Balaban J connectivity index is 1.92. The van der Waals surface area contributed by atoms with E-state index in [2.05, 4.69) is 0 Å².